The molecule has 70 valence electrons. The lowest BCUT2D eigenvalue weighted by molar-refractivity contribution is 0.00578. The van der Waals surface area contributed by atoms with Crippen LogP contribution in [0.2, 0.25) is 0 Å². The van der Waals surface area contributed by atoms with Crippen molar-refractivity contribution in [2.75, 3.05) is 0 Å². The van der Waals surface area contributed by atoms with E-state index in [0.29, 0.717) is 0 Å². The minimum absolute atomic E-state index is 0.106. The van der Waals surface area contributed by atoms with Crippen molar-refractivity contribution in [2.45, 2.75) is 51.1 Å². The van der Waals surface area contributed by atoms with Crippen LogP contribution in [0.25, 0.3) is 0 Å². The van der Waals surface area contributed by atoms with Gasteiger partial charge in [-0.25, -0.2) is 0 Å². The summed E-state index contributed by atoms with van der Waals surface area (Å²) >= 11 is 5.89. The molecule has 0 aromatic rings. The first-order valence-corrected chi connectivity index (χ1v) is 4.69. The van der Waals surface area contributed by atoms with Gasteiger partial charge in [0.2, 0.25) is 0 Å². The second-order valence-corrected chi connectivity index (χ2v) is 4.99. The van der Waals surface area contributed by atoms with Gasteiger partial charge >= 0.3 is 7.12 Å². The van der Waals surface area contributed by atoms with Crippen molar-refractivity contribution in [1.82, 2.24) is 0 Å². The summed E-state index contributed by atoms with van der Waals surface area (Å²) < 4.78 is 11.3. The Morgan fingerprint density at radius 3 is 1.58 bits per heavy atom. The molecule has 1 aliphatic rings. The molecule has 0 aliphatic carbocycles. The lowest BCUT2D eigenvalue weighted by Gasteiger charge is -2.32. The summed E-state index contributed by atoms with van der Waals surface area (Å²) in [4.78, 5) is 0. The Kier molecular flexibility index (Phi) is 2.50. The average Bonchev–Trinajstić information content (AvgIpc) is 2.03. The van der Waals surface area contributed by atoms with Gasteiger partial charge in [-0.2, -0.15) is 0 Å². The van der Waals surface area contributed by atoms with Crippen LogP contribution < -0.4 is 0 Å². The van der Waals surface area contributed by atoms with Gasteiger partial charge in [-0.1, -0.05) is 6.92 Å². The summed E-state index contributed by atoms with van der Waals surface area (Å²) in [6.45, 7) is 9.96. The van der Waals surface area contributed by atoms with Crippen molar-refractivity contribution in [3.05, 3.63) is 0 Å². The monoisotopic (exact) mass is 190 g/mol. The summed E-state index contributed by atoms with van der Waals surface area (Å²) in [6, 6.07) is 0. The molecule has 0 N–H and O–H groups in total. The highest BCUT2D eigenvalue weighted by molar-refractivity contribution is 6.59. The first-order valence-electron chi connectivity index (χ1n) is 4.26. The van der Waals surface area contributed by atoms with Gasteiger partial charge in [-0.3, -0.25) is 0 Å². The minimum atomic E-state index is -0.281. The van der Waals surface area contributed by atoms with Crippen LogP contribution in [0.4, 0.5) is 0 Å². The third-order valence-corrected chi connectivity index (χ3v) is 2.85. The Bertz CT molecular complexity index is 164. The first-order chi connectivity index (χ1) is 5.26. The molecule has 1 rings (SSSR count). The van der Waals surface area contributed by atoms with E-state index in [0.717, 1.165) is 0 Å². The van der Waals surface area contributed by atoms with Gasteiger partial charge in [-0.15, -0.1) is 11.6 Å². The Balaban J connectivity index is 2.74. The van der Waals surface area contributed by atoms with E-state index in [1.165, 1.54) is 0 Å². The van der Waals surface area contributed by atoms with Crippen LogP contribution in [0.1, 0.15) is 34.6 Å². The van der Waals surface area contributed by atoms with Crippen molar-refractivity contribution in [3.8, 4) is 0 Å². The van der Waals surface area contributed by atoms with Crippen LogP contribution in [-0.4, -0.2) is 23.6 Å². The smallest absolute Gasteiger partial charge is 0.402 e. The van der Waals surface area contributed by atoms with Crippen molar-refractivity contribution in [1.29, 1.82) is 0 Å². The Labute approximate surface area is 79.7 Å². The first kappa shape index (κ1) is 10.4. The standard InChI is InChI=1S/C8H16BClO2/c1-6(10)9-11-7(2,3)8(4,5)12-9/h6H,1-5H3/t6-/m0/s1. The van der Waals surface area contributed by atoms with E-state index >= 15 is 0 Å². The molecule has 12 heavy (non-hydrogen) atoms. The van der Waals surface area contributed by atoms with E-state index in [9.17, 15) is 0 Å². The number of hydrogen-bond acceptors (Lipinski definition) is 2. The van der Waals surface area contributed by atoms with Crippen molar-refractivity contribution in [3.63, 3.8) is 0 Å². The van der Waals surface area contributed by atoms with E-state index < -0.39 is 0 Å². The molecule has 1 atom stereocenters. The van der Waals surface area contributed by atoms with E-state index in [4.69, 9.17) is 20.9 Å². The van der Waals surface area contributed by atoms with Crippen LogP contribution in [0.3, 0.4) is 0 Å². The molecule has 0 radical (unpaired) electrons. The van der Waals surface area contributed by atoms with Crippen molar-refractivity contribution in [2.24, 2.45) is 0 Å². The molecule has 2 nitrogen and oxygen atoms in total. The molecule has 0 aromatic carbocycles. The predicted molar refractivity (Wildman–Crippen MR) is 51.4 cm³/mol. The molecule has 0 bridgehead atoms. The normalized spacial score (nSPS) is 29.0. The Morgan fingerprint density at radius 2 is 1.42 bits per heavy atom. The zero-order valence-electron chi connectivity index (χ0n) is 8.35. The highest BCUT2D eigenvalue weighted by atomic mass is 35.5. The molecule has 0 spiro atoms. The average molecular weight is 190 g/mol. The zero-order valence-corrected chi connectivity index (χ0v) is 9.11. The molecule has 0 amide bonds. The molecular weight excluding hydrogens is 174 g/mol. The lowest BCUT2D eigenvalue weighted by Crippen LogP contribution is -2.41. The fourth-order valence-corrected chi connectivity index (χ4v) is 1.18. The Hall–Kier alpha value is 0.275. The predicted octanol–water partition coefficient (Wildman–Crippen LogP) is 2.25. The number of alkyl halides is 1. The van der Waals surface area contributed by atoms with Gasteiger partial charge in [0.1, 0.15) is 0 Å². The van der Waals surface area contributed by atoms with E-state index in [1.807, 2.05) is 34.6 Å². The van der Waals surface area contributed by atoms with E-state index in [1.54, 1.807) is 0 Å². The number of halogens is 1. The molecule has 1 saturated heterocycles. The molecule has 1 fully saturated rings. The fraction of sp³-hybridized carbons (Fsp3) is 1.00. The molecule has 1 aliphatic heterocycles. The van der Waals surface area contributed by atoms with Gasteiger partial charge < -0.3 is 9.31 Å². The molecule has 4 heteroatoms. The summed E-state index contributed by atoms with van der Waals surface area (Å²) in [6.07, 6.45) is 0. The number of rotatable bonds is 1. The zero-order chi connectivity index (χ0) is 9.57. The quantitative estimate of drug-likeness (QED) is 0.466. The van der Waals surface area contributed by atoms with Gasteiger partial charge in [0.15, 0.2) is 0 Å². The SMILES string of the molecule is C[C@H](Cl)B1OC(C)(C)C(C)(C)O1. The largest absolute Gasteiger partial charge is 0.476 e. The summed E-state index contributed by atoms with van der Waals surface area (Å²) in [5, 5.41) is -0.106. The summed E-state index contributed by atoms with van der Waals surface area (Å²) in [7, 11) is -0.281. The second-order valence-electron chi connectivity index (χ2n) is 4.30. The molecule has 0 unspecified atom stereocenters. The third-order valence-electron chi connectivity index (χ3n) is 2.65. The summed E-state index contributed by atoms with van der Waals surface area (Å²) in [5.41, 5.74) is -0.526. The van der Waals surface area contributed by atoms with Crippen molar-refractivity contribution < 1.29 is 9.31 Å². The second kappa shape index (κ2) is 2.90. The van der Waals surface area contributed by atoms with Gasteiger partial charge in [0.25, 0.3) is 0 Å². The van der Waals surface area contributed by atoms with Crippen LogP contribution in [-0.2, 0) is 9.31 Å². The van der Waals surface area contributed by atoms with E-state index in [-0.39, 0.29) is 23.6 Å². The highest BCUT2D eigenvalue weighted by Crippen LogP contribution is 2.38. The van der Waals surface area contributed by atoms with Gasteiger partial charge in [0.05, 0.1) is 16.5 Å². The van der Waals surface area contributed by atoms with Crippen LogP contribution in [0.15, 0.2) is 0 Å². The molecule has 1 heterocycles. The molecule has 0 saturated carbocycles. The lowest BCUT2D eigenvalue weighted by atomic mass is 9.86. The summed E-state index contributed by atoms with van der Waals surface area (Å²) in [5.74, 6) is 0. The van der Waals surface area contributed by atoms with Gasteiger partial charge in [-0.05, 0) is 27.7 Å². The number of hydrogen-bond donors (Lipinski definition) is 0. The van der Waals surface area contributed by atoms with Gasteiger partial charge in [0, 0.05) is 0 Å². The van der Waals surface area contributed by atoms with Crippen LogP contribution in [0.5, 0.6) is 0 Å². The minimum Gasteiger partial charge on any atom is -0.402 e. The van der Waals surface area contributed by atoms with Crippen LogP contribution >= 0.6 is 11.6 Å². The topological polar surface area (TPSA) is 18.5 Å². The maximum Gasteiger partial charge on any atom is 0.476 e. The molecular formula is C8H16BClO2. The maximum absolute atomic E-state index is 5.89. The third kappa shape index (κ3) is 1.63. The maximum atomic E-state index is 5.89. The highest BCUT2D eigenvalue weighted by Gasteiger charge is 2.52. The Morgan fingerprint density at radius 1 is 1.08 bits per heavy atom. The molecule has 0 aromatic heterocycles. The fourth-order valence-electron chi connectivity index (χ4n) is 1.08. The van der Waals surface area contributed by atoms with E-state index in [2.05, 4.69) is 0 Å². The van der Waals surface area contributed by atoms with Crippen molar-refractivity contribution >= 4 is 18.7 Å². The van der Waals surface area contributed by atoms with Crippen LogP contribution in [0, 0.1) is 0 Å².